The highest BCUT2D eigenvalue weighted by Crippen LogP contribution is 2.29. The largest absolute Gasteiger partial charge is 0.493 e. The average molecular weight is 367 g/mol. The predicted molar refractivity (Wildman–Crippen MR) is 94.8 cm³/mol. The Hall–Kier alpha value is -3.43. The Kier molecular flexibility index (Phi) is 3.39. The van der Waals surface area contributed by atoms with Crippen molar-refractivity contribution >= 4 is 23.4 Å². The van der Waals surface area contributed by atoms with Crippen LogP contribution in [0.4, 0.5) is 5.82 Å². The van der Waals surface area contributed by atoms with Gasteiger partial charge in [-0.05, 0) is 31.8 Å². The average Bonchev–Trinajstić information content (AvgIpc) is 3.53. The number of anilines is 1. The van der Waals surface area contributed by atoms with E-state index in [1.165, 1.54) is 0 Å². The molecule has 0 spiro atoms. The van der Waals surface area contributed by atoms with E-state index in [9.17, 15) is 14.7 Å². The summed E-state index contributed by atoms with van der Waals surface area (Å²) in [6.45, 7) is 0. The molecule has 2 aliphatic rings. The highest BCUT2D eigenvalue weighted by molar-refractivity contribution is 5.93. The van der Waals surface area contributed by atoms with Gasteiger partial charge >= 0.3 is 5.69 Å². The van der Waals surface area contributed by atoms with Crippen molar-refractivity contribution in [3.63, 3.8) is 0 Å². The van der Waals surface area contributed by atoms with Crippen molar-refractivity contribution in [3.8, 4) is 5.88 Å². The molecule has 10 nitrogen and oxygen atoms in total. The van der Waals surface area contributed by atoms with Crippen LogP contribution in [-0.2, 0) is 4.79 Å². The molecule has 0 aromatic carbocycles. The second-order valence-corrected chi connectivity index (χ2v) is 6.94. The number of aromatic nitrogens is 5. The molecule has 27 heavy (non-hydrogen) atoms. The van der Waals surface area contributed by atoms with E-state index in [1.54, 1.807) is 22.9 Å². The topological polar surface area (TPSA) is 141 Å². The summed E-state index contributed by atoms with van der Waals surface area (Å²) in [5.41, 5.74) is 0.805. The standard InChI is InChI=1S/C17H17N7O3/c25-15(8-1-2-8)22-12-6-13(19-10-3-4-10)24-14(21-12)9(7-18-24)5-11-16(26)23-17(27)20-11/h5-8,10,26H,1-4H2,(H,22,25)(H2,20,23,27)/b9-5-,19-13?. The third-order valence-electron chi connectivity index (χ3n) is 4.58. The lowest BCUT2D eigenvalue weighted by Crippen LogP contribution is -2.22. The Morgan fingerprint density at radius 1 is 1.33 bits per heavy atom. The maximum Gasteiger partial charge on any atom is 0.326 e. The number of hydrogen-bond acceptors (Lipinski definition) is 6. The summed E-state index contributed by atoms with van der Waals surface area (Å²) in [5, 5.41) is 17.5. The molecule has 2 fully saturated rings. The van der Waals surface area contributed by atoms with E-state index in [4.69, 9.17) is 0 Å². The number of carbonyl (C=O) groups excluding carboxylic acids is 1. The molecule has 4 N–H and O–H groups in total. The van der Waals surface area contributed by atoms with Crippen molar-refractivity contribution in [1.29, 1.82) is 0 Å². The molecule has 0 bridgehead atoms. The Morgan fingerprint density at radius 2 is 2.15 bits per heavy atom. The van der Waals surface area contributed by atoms with Crippen LogP contribution in [0.3, 0.4) is 0 Å². The maximum absolute atomic E-state index is 12.1. The fraction of sp³-hybridized carbons (Fsp3) is 0.353. The number of hydrogen-bond donors (Lipinski definition) is 4. The van der Waals surface area contributed by atoms with Gasteiger partial charge in [0.1, 0.15) is 11.5 Å². The van der Waals surface area contributed by atoms with Crippen LogP contribution in [0, 0.1) is 5.92 Å². The van der Waals surface area contributed by atoms with Crippen LogP contribution < -0.4 is 21.7 Å². The first-order valence-corrected chi connectivity index (χ1v) is 8.83. The predicted octanol–water partition coefficient (Wildman–Crippen LogP) is -0.589. The lowest BCUT2D eigenvalue weighted by atomic mass is 10.3. The number of amides is 1. The molecule has 1 amide bonds. The summed E-state index contributed by atoms with van der Waals surface area (Å²) in [6, 6.07) is 1.99. The van der Waals surface area contributed by atoms with Crippen molar-refractivity contribution in [3.05, 3.63) is 39.1 Å². The number of aromatic hydroxyl groups is 1. The van der Waals surface area contributed by atoms with Gasteiger partial charge in [0, 0.05) is 17.2 Å². The Balaban J connectivity index is 1.67. The molecule has 0 unspecified atom stereocenters. The minimum absolute atomic E-state index is 0.0399. The van der Waals surface area contributed by atoms with Crippen LogP contribution in [0.2, 0.25) is 0 Å². The lowest BCUT2D eigenvalue weighted by Gasteiger charge is -2.04. The molecular formula is C17H17N7O3. The molecule has 3 heterocycles. The van der Waals surface area contributed by atoms with Gasteiger partial charge in [0.15, 0.2) is 11.1 Å². The van der Waals surface area contributed by atoms with Gasteiger partial charge in [-0.3, -0.25) is 14.8 Å². The van der Waals surface area contributed by atoms with Crippen molar-refractivity contribution in [2.24, 2.45) is 10.9 Å². The van der Waals surface area contributed by atoms with Gasteiger partial charge < -0.3 is 15.4 Å². The number of nitrogens with one attached hydrogen (secondary N) is 3. The molecule has 138 valence electrons. The van der Waals surface area contributed by atoms with Crippen LogP contribution in [0.5, 0.6) is 5.88 Å². The van der Waals surface area contributed by atoms with Crippen LogP contribution in [0.25, 0.3) is 11.7 Å². The SMILES string of the molecule is O=C(Nc1cc(=NC2CC2)n2nc/c(=C/c3[nH]c(=O)[nH]c3O)c2n1)C1CC1. The first kappa shape index (κ1) is 15.8. The molecule has 3 aromatic heterocycles. The third kappa shape index (κ3) is 3.09. The van der Waals surface area contributed by atoms with E-state index < -0.39 is 5.69 Å². The molecular weight excluding hydrogens is 350 g/mol. The number of carbonyl (C=O) groups is 1. The number of H-pyrrole nitrogens is 2. The number of rotatable bonds is 4. The number of nitrogens with zero attached hydrogens (tertiary/aromatic N) is 4. The van der Waals surface area contributed by atoms with Gasteiger partial charge in [-0.25, -0.2) is 9.78 Å². The zero-order valence-electron chi connectivity index (χ0n) is 14.3. The van der Waals surface area contributed by atoms with Gasteiger partial charge in [0.05, 0.1) is 12.2 Å². The Labute approximate surface area is 151 Å². The van der Waals surface area contributed by atoms with E-state index in [0.29, 0.717) is 22.2 Å². The van der Waals surface area contributed by atoms with E-state index in [2.05, 4.69) is 30.4 Å². The highest BCUT2D eigenvalue weighted by Gasteiger charge is 2.30. The summed E-state index contributed by atoms with van der Waals surface area (Å²) in [4.78, 5) is 37.4. The van der Waals surface area contributed by atoms with Crippen LogP contribution in [-0.4, -0.2) is 41.6 Å². The molecule has 0 saturated heterocycles. The zero-order valence-corrected chi connectivity index (χ0v) is 14.3. The smallest absolute Gasteiger partial charge is 0.326 e. The maximum atomic E-state index is 12.1. The molecule has 10 heteroatoms. The van der Waals surface area contributed by atoms with E-state index >= 15 is 0 Å². The molecule has 5 rings (SSSR count). The highest BCUT2D eigenvalue weighted by atomic mass is 16.3. The number of fused-ring (bicyclic) bond motifs is 1. The minimum atomic E-state index is -0.509. The molecule has 3 aromatic rings. The molecule has 0 radical (unpaired) electrons. The van der Waals surface area contributed by atoms with Gasteiger partial charge in [-0.1, -0.05) is 0 Å². The summed E-state index contributed by atoms with van der Waals surface area (Å²) < 4.78 is 1.60. The van der Waals surface area contributed by atoms with Gasteiger partial charge in [-0.2, -0.15) is 9.61 Å². The van der Waals surface area contributed by atoms with Gasteiger partial charge in [-0.15, -0.1) is 0 Å². The fourth-order valence-corrected chi connectivity index (χ4v) is 2.83. The van der Waals surface area contributed by atoms with Crippen LogP contribution >= 0.6 is 0 Å². The molecule has 0 aliphatic heterocycles. The van der Waals surface area contributed by atoms with E-state index in [0.717, 1.165) is 25.7 Å². The second-order valence-electron chi connectivity index (χ2n) is 6.94. The quantitative estimate of drug-likeness (QED) is 0.488. The van der Waals surface area contributed by atoms with Gasteiger partial charge in [0.2, 0.25) is 11.8 Å². The summed E-state index contributed by atoms with van der Waals surface area (Å²) in [5.74, 6) is 0.174. The Bertz CT molecular complexity index is 1230. The molecule has 0 atom stereocenters. The van der Waals surface area contributed by atoms with E-state index in [1.807, 2.05) is 0 Å². The van der Waals surface area contributed by atoms with Crippen molar-refractivity contribution in [2.75, 3.05) is 5.32 Å². The van der Waals surface area contributed by atoms with E-state index in [-0.39, 0.29) is 29.4 Å². The number of aromatic amines is 2. The number of imidazole rings is 1. The second kappa shape index (κ2) is 5.79. The van der Waals surface area contributed by atoms with Crippen LogP contribution in [0.15, 0.2) is 22.1 Å². The zero-order chi connectivity index (χ0) is 18.5. The fourth-order valence-electron chi connectivity index (χ4n) is 2.83. The first-order chi connectivity index (χ1) is 13.1. The van der Waals surface area contributed by atoms with Crippen LogP contribution in [0.1, 0.15) is 31.4 Å². The van der Waals surface area contributed by atoms with Crippen molar-refractivity contribution in [1.82, 2.24) is 24.6 Å². The minimum Gasteiger partial charge on any atom is -0.493 e. The third-order valence-corrected chi connectivity index (χ3v) is 4.58. The molecule has 2 saturated carbocycles. The Morgan fingerprint density at radius 3 is 2.81 bits per heavy atom. The molecule has 2 aliphatic carbocycles. The van der Waals surface area contributed by atoms with Crippen molar-refractivity contribution < 1.29 is 9.90 Å². The summed E-state index contributed by atoms with van der Waals surface area (Å²) in [7, 11) is 0. The summed E-state index contributed by atoms with van der Waals surface area (Å²) >= 11 is 0. The summed E-state index contributed by atoms with van der Waals surface area (Å²) in [6.07, 6.45) is 7.01. The van der Waals surface area contributed by atoms with Gasteiger partial charge in [0.25, 0.3) is 0 Å². The first-order valence-electron chi connectivity index (χ1n) is 8.83. The lowest BCUT2D eigenvalue weighted by molar-refractivity contribution is -0.117. The monoisotopic (exact) mass is 367 g/mol. The van der Waals surface area contributed by atoms with Crippen molar-refractivity contribution in [2.45, 2.75) is 31.7 Å². The normalized spacial score (nSPS) is 18.4.